The molecule has 0 fully saturated rings. The maximum atomic E-state index is 11.9. The normalized spacial score (nSPS) is 13.8. The minimum atomic E-state index is -3.50. The van der Waals surface area contributed by atoms with Crippen LogP contribution < -0.4 is 14.4 Å². The molecule has 4 rings (SSSR count). The van der Waals surface area contributed by atoms with Gasteiger partial charge in [0.25, 0.3) is 0 Å². The predicted molar refractivity (Wildman–Crippen MR) is 119 cm³/mol. The summed E-state index contributed by atoms with van der Waals surface area (Å²) in [4.78, 5) is 6.76. The van der Waals surface area contributed by atoms with Gasteiger partial charge in [-0.1, -0.05) is 17.7 Å². The molecule has 10 heteroatoms. The highest BCUT2D eigenvalue weighted by Crippen LogP contribution is 2.35. The molecule has 1 N–H and O–H groups in total. The highest BCUT2D eigenvalue weighted by Gasteiger charge is 2.23. The minimum Gasteiger partial charge on any atom is -0.436 e. The minimum absolute atomic E-state index is 0.209. The van der Waals surface area contributed by atoms with Crippen molar-refractivity contribution in [3.05, 3.63) is 52.6 Å². The molecule has 0 bridgehead atoms. The number of rotatable bonds is 5. The zero-order chi connectivity index (χ0) is 22.3. The van der Waals surface area contributed by atoms with Crippen LogP contribution >= 0.6 is 0 Å². The van der Waals surface area contributed by atoms with Gasteiger partial charge in [-0.2, -0.15) is 4.98 Å². The van der Waals surface area contributed by atoms with Crippen molar-refractivity contribution < 1.29 is 13.2 Å². The summed E-state index contributed by atoms with van der Waals surface area (Å²) in [6.07, 6.45) is 1.10. The molecule has 0 spiro atoms. The summed E-state index contributed by atoms with van der Waals surface area (Å²) < 4.78 is 34.6. The number of aromatic nitrogens is 4. The van der Waals surface area contributed by atoms with E-state index in [1.807, 2.05) is 39.8 Å². The fourth-order valence-corrected chi connectivity index (χ4v) is 4.44. The number of aryl methyl sites for hydroxylation is 4. The number of ether oxygens (including phenoxy) is 1. The van der Waals surface area contributed by atoms with Crippen molar-refractivity contribution in [1.82, 2.24) is 19.7 Å². The van der Waals surface area contributed by atoms with Crippen molar-refractivity contribution in [3.8, 4) is 11.6 Å². The molecule has 2 aromatic heterocycles. The Labute approximate surface area is 182 Å². The number of hydrogen-bond donors (Lipinski definition) is 1. The van der Waals surface area contributed by atoms with Crippen LogP contribution in [0.4, 0.5) is 11.5 Å². The molecule has 1 aromatic carbocycles. The van der Waals surface area contributed by atoms with Crippen LogP contribution in [0.15, 0.2) is 24.3 Å². The highest BCUT2D eigenvalue weighted by molar-refractivity contribution is 7.92. The molecular weight excluding hydrogens is 416 g/mol. The van der Waals surface area contributed by atoms with Gasteiger partial charge in [0, 0.05) is 13.1 Å². The molecule has 0 saturated carbocycles. The average Bonchev–Trinajstić information content (AvgIpc) is 3.05. The number of fused-ring (bicyclic) bond motifs is 1. The lowest BCUT2D eigenvalue weighted by molar-refractivity contribution is 0.456. The van der Waals surface area contributed by atoms with E-state index in [4.69, 9.17) is 4.74 Å². The third-order valence-electron chi connectivity index (χ3n) is 5.21. The van der Waals surface area contributed by atoms with Gasteiger partial charge in [0.15, 0.2) is 5.82 Å². The van der Waals surface area contributed by atoms with E-state index in [1.54, 1.807) is 12.1 Å². The van der Waals surface area contributed by atoms with E-state index in [0.717, 1.165) is 47.7 Å². The number of benzene rings is 1. The molecule has 164 valence electrons. The van der Waals surface area contributed by atoms with Crippen LogP contribution in [0, 0.1) is 27.7 Å². The predicted octanol–water partition coefficient (Wildman–Crippen LogP) is 3.09. The Kier molecular flexibility index (Phi) is 5.34. The second kappa shape index (κ2) is 7.84. The van der Waals surface area contributed by atoms with Gasteiger partial charge >= 0.3 is 0 Å². The number of nitrogens with zero attached hydrogens (tertiary/aromatic N) is 5. The Balaban J connectivity index is 1.72. The topological polar surface area (TPSA) is 102 Å². The van der Waals surface area contributed by atoms with Gasteiger partial charge in [-0.25, -0.2) is 8.42 Å². The molecule has 31 heavy (non-hydrogen) atoms. The SMILES string of the molecule is Cc1cc(C)c(Oc2nc(N3CCn4c(C)nnc4C3)ccc2NS(C)(=O)=O)c(C)c1. The number of sulfonamides is 1. The van der Waals surface area contributed by atoms with Crippen molar-refractivity contribution in [2.24, 2.45) is 0 Å². The second-order valence-electron chi connectivity index (χ2n) is 7.96. The summed E-state index contributed by atoms with van der Waals surface area (Å²) in [6, 6.07) is 7.52. The molecule has 9 nitrogen and oxygen atoms in total. The maximum absolute atomic E-state index is 11.9. The largest absolute Gasteiger partial charge is 0.436 e. The van der Waals surface area contributed by atoms with Gasteiger partial charge in [-0.05, 0) is 51.0 Å². The number of anilines is 2. The Morgan fingerprint density at radius 1 is 1.03 bits per heavy atom. The van der Waals surface area contributed by atoms with E-state index in [-0.39, 0.29) is 5.88 Å². The van der Waals surface area contributed by atoms with Gasteiger partial charge in [0.1, 0.15) is 23.1 Å². The van der Waals surface area contributed by atoms with Crippen molar-refractivity contribution in [2.45, 2.75) is 40.8 Å². The lowest BCUT2D eigenvalue weighted by atomic mass is 10.1. The molecule has 0 radical (unpaired) electrons. The first-order valence-corrected chi connectivity index (χ1v) is 11.9. The Morgan fingerprint density at radius 2 is 1.74 bits per heavy atom. The number of pyridine rings is 1. The molecule has 3 aromatic rings. The molecule has 1 aliphatic heterocycles. The van der Waals surface area contributed by atoms with Gasteiger partial charge < -0.3 is 14.2 Å². The fourth-order valence-electron chi connectivity index (χ4n) is 3.89. The number of nitrogens with one attached hydrogen (secondary N) is 1. The van der Waals surface area contributed by atoms with Crippen LogP contribution in [-0.4, -0.2) is 41.0 Å². The van der Waals surface area contributed by atoms with E-state index < -0.39 is 10.0 Å². The average molecular weight is 443 g/mol. The van der Waals surface area contributed by atoms with E-state index in [0.29, 0.717) is 23.8 Å². The van der Waals surface area contributed by atoms with Crippen LogP contribution in [-0.2, 0) is 23.1 Å². The lowest BCUT2D eigenvalue weighted by Crippen LogP contribution is -2.34. The zero-order valence-electron chi connectivity index (χ0n) is 18.3. The maximum Gasteiger partial charge on any atom is 0.245 e. The molecule has 0 amide bonds. The summed E-state index contributed by atoms with van der Waals surface area (Å²) >= 11 is 0. The van der Waals surface area contributed by atoms with Crippen LogP contribution in [0.1, 0.15) is 28.3 Å². The third-order valence-corrected chi connectivity index (χ3v) is 5.80. The summed E-state index contributed by atoms with van der Waals surface area (Å²) in [6.45, 7) is 9.94. The molecule has 0 atom stereocenters. The first-order chi connectivity index (χ1) is 14.6. The summed E-state index contributed by atoms with van der Waals surface area (Å²) in [5.74, 6) is 3.33. The fraction of sp³-hybridized carbons (Fsp3) is 0.381. The molecule has 0 unspecified atom stereocenters. The van der Waals surface area contributed by atoms with Gasteiger partial charge in [0.05, 0.1) is 12.8 Å². The number of hydrogen-bond acceptors (Lipinski definition) is 7. The van der Waals surface area contributed by atoms with Gasteiger partial charge in [-0.3, -0.25) is 4.72 Å². The van der Waals surface area contributed by atoms with Crippen LogP contribution in [0.2, 0.25) is 0 Å². The second-order valence-corrected chi connectivity index (χ2v) is 9.71. The molecule has 1 aliphatic rings. The van der Waals surface area contributed by atoms with Crippen LogP contribution in [0.3, 0.4) is 0 Å². The first kappa shape index (κ1) is 21.1. The molecule has 3 heterocycles. The Morgan fingerprint density at radius 3 is 2.42 bits per heavy atom. The van der Waals surface area contributed by atoms with Gasteiger partial charge in [-0.15, -0.1) is 10.2 Å². The quantitative estimate of drug-likeness (QED) is 0.648. The monoisotopic (exact) mass is 442 g/mol. The van der Waals surface area contributed by atoms with E-state index in [2.05, 4.69) is 29.4 Å². The standard InChI is InChI=1S/C21H26N6O3S/c1-13-10-14(2)20(15(3)11-13)30-21-17(25-31(5,28)29)6-7-18(22-21)26-8-9-27-16(4)23-24-19(27)12-26/h6-7,10-11,25H,8-9,12H2,1-5H3. The van der Waals surface area contributed by atoms with Crippen molar-refractivity contribution >= 4 is 21.5 Å². The van der Waals surface area contributed by atoms with E-state index in [1.165, 1.54) is 0 Å². The Bertz CT molecular complexity index is 1230. The third kappa shape index (κ3) is 4.48. The summed E-state index contributed by atoms with van der Waals surface area (Å²) in [5, 5.41) is 8.39. The van der Waals surface area contributed by atoms with Crippen molar-refractivity contribution in [1.29, 1.82) is 0 Å². The molecule has 0 aliphatic carbocycles. The van der Waals surface area contributed by atoms with E-state index in [9.17, 15) is 8.42 Å². The van der Waals surface area contributed by atoms with E-state index >= 15 is 0 Å². The van der Waals surface area contributed by atoms with Crippen LogP contribution in [0.5, 0.6) is 11.6 Å². The molecule has 0 saturated heterocycles. The smallest absolute Gasteiger partial charge is 0.245 e. The summed E-state index contributed by atoms with van der Waals surface area (Å²) in [5.41, 5.74) is 3.33. The Hall–Kier alpha value is -3.14. The van der Waals surface area contributed by atoms with Crippen molar-refractivity contribution in [2.75, 3.05) is 22.4 Å². The summed E-state index contributed by atoms with van der Waals surface area (Å²) in [7, 11) is -3.50. The lowest BCUT2D eigenvalue weighted by Gasteiger charge is -2.29. The van der Waals surface area contributed by atoms with Gasteiger partial charge in [0.2, 0.25) is 15.9 Å². The first-order valence-electron chi connectivity index (χ1n) is 9.99. The van der Waals surface area contributed by atoms with Crippen LogP contribution in [0.25, 0.3) is 0 Å². The van der Waals surface area contributed by atoms with Crippen molar-refractivity contribution in [3.63, 3.8) is 0 Å². The molecular formula is C21H26N6O3S. The highest BCUT2D eigenvalue weighted by atomic mass is 32.2. The zero-order valence-corrected chi connectivity index (χ0v) is 19.1.